The molecular weight excluding hydrogens is 246 g/mol. The highest BCUT2D eigenvalue weighted by Gasteiger charge is 2.52. The van der Waals surface area contributed by atoms with Crippen molar-refractivity contribution >= 4 is 21.7 Å². The number of carboxylic acid groups (broad SMARTS) is 1. The predicted molar refractivity (Wildman–Crippen MR) is 59.1 cm³/mol. The molecule has 2 aliphatic rings. The van der Waals surface area contributed by atoms with Crippen molar-refractivity contribution in [1.82, 2.24) is 4.90 Å². The number of aliphatic carboxylic acids is 1. The fraction of sp³-hybridized carbons (Fsp3) is 0.800. The highest BCUT2D eigenvalue weighted by Crippen LogP contribution is 2.39. The van der Waals surface area contributed by atoms with Crippen molar-refractivity contribution in [2.75, 3.05) is 18.8 Å². The molecule has 2 aliphatic heterocycles. The summed E-state index contributed by atoms with van der Waals surface area (Å²) in [6, 6.07) is 0. The van der Waals surface area contributed by atoms with Crippen molar-refractivity contribution in [3.8, 4) is 0 Å². The van der Waals surface area contributed by atoms with Gasteiger partial charge in [-0.2, -0.15) is 0 Å². The molecule has 1 amide bonds. The molecule has 2 fully saturated rings. The number of carboxylic acids is 1. The van der Waals surface area contributed by atoms with E-state index in [1.807, 2.05) is 0 Å². The Kier molecular flexibility index (Phi) is 2.89. The molecular formula is C10H15NO5S. The van der Waals surface area contributed by atoms with Crippen LogP contribution in [0.2, 0.25) is 0 Å². The number of sulfone groups is 1. The quantitative estimate of drug-likeness (QED) is 0.713. The van der Waals surface area contributed by atoms with E-state index in [0.29, 0.717) is 6.54 Å². The standard InChI is InChI=1S/C10H15NO5S/c1-6(12)11-3-8-7(2-10(13)14)5-17(15,16)9(8)4-11/h7-9H,2-5H2,1H3,(H,13,14)/t7-,8-,9-/m1/s1. The van der Waals surface area contributed by atoms with Crippen LogP contribution >= 0.6 is 0 Å². The molecule has 2 heterocycles. The lowest BCUT2D eigenvalue weighted by molar-refractivity contribution is -0.138. The normalized spacial score (nSPS) is 34.6. The molecule has 0 aromatic carbocycles. The van der Waals surface area contributed by atoms with Gasteiger partial charge in [0.05, 0.1) is 11.0 Å². The summed E-state index contributed by atoms with van der Waals surface area (Å²) in [5.74, 6) is -1.75. The number of nitrogens with zero attached hydrogens (tertiary/aromatic N) is 1. The summed E-state index contributed by atoms with van der Waals surface area (Å²) in [6.07, 6.45) is -0.133. The Balaban J connectivity index is 2.21. The van der Waals surface area contributed by atoms with Gasteiger partial charge in [-0.1, -0.05) is 0 Å². The van der Waals surface area contributed by atoms with Crippen molar-refractivity contribution < 1.29 is 23.1 Å². The van der Waals surface area contributed by atoms with E-state index >= 15 is 0 Å². The van der Waals surface area contributed by atoms with Gasteiger partial charge in [-0.05, 0) is 11.8 Å². The first-order valence-electron chi connectivity index (χ1n) is 5.50. The average Bonchev–Trinajstić information content (AvgIpc) is 2.67. The molecule has 3 atom stereocenters. The van der Waals surface area contributed by atoms with Crippen molar-refractivity contribution in [2.24, 2.45) is 11.8 Å². The SMILES string of the molecule is CC(=O)N1C[C@@H]2[C@H](CC(=O)O)CS(=O)(=O)[C@@H]2C1. The van der Waals surface area contributed by atoms with Crippen molar-refractivity contribution in [3.05, 3.63) is 0 Å². The summed E-state index contributed by atoms with van der Waals surface area (Å²) in [7, 11) is -3.24. The van der Waals surface area contributed by atoms with Gasteiger partial charge in [0.1, 0.15) is 0 Å². The van der Waals surface area contributed by atoms with E-state index in [0.717, 1.165) is 0 Å². The topological polar surface area (TPSA) is 91.8 Å². The number of hydrogen-bond acceptors (Lipinski definition) is 4. The molecule has 17 heavy (non-hydrogen) atoms. The number of hydrogen-bond donors (Lipinski definition) is 1. The lowest BCUT2D eigenvalue weighted by Crippen LogP contribution is -2.30. The van der Waals surface area contributed by atoms with Gasteiger partial charge in [-0.3, -0.25) is 9.59 Å². The lowest BCUT2D eigenvalue weighted by Gasteiger charge is -2.17. The van der Waals surface area contributed by atoms with Crippen LogP contribution in [-0.2, 0) is 19.4 Å². The number of carbonyl (C=O) groups is 2. The highest BCUT2D eigenvalue weighted by atomic mass is 32.2. The fourth-order valence-electron chi connectivity index (χ4n) is 2.87. The van der Waals surface area contributed by atoms with Crippen LogP contribution in [0.4, 0.5) is 0 Å². The molecule has 0 saturated carbocycles. The minimum atomic E-state index is -3.24. The van der Waals surface area contributed by atoms with E-state index in [9.17, 15) is 18.0 Å². The molecule has 0 spiro atoms. The summed E-state index contributed by atoms with van der Waals surface area (Å²) in [5.41, 5.74) is 0. The van der Waals surface area contributed by atoms with E-state index < -0.39 is 21.1 Å². The first-order valence-corrected chi connectivity index (χ1v) is 7.21. The third kappa shape index (κ3) is 2.15. The minimum Gasteiger partial charge on any atom is -0.481 e. The summed E-state index contributed by atoms with van der Waals surface area (Å²) in [5, 5.41) is 8.20. The Bertz CT molecular complexity index is 457. The Labute approximate surface area is 99.5 Å². The molecule has 0 aliphatic carbocycles. The number of fused-ring (bicyclic) bond motifs is 1. The molecule has 0 bridgehead atoms. The number of amides is 1. The highest BCUT2D eigenvalue weighted by molar-refractivity contribution is 7.92. The van der Waals surface area contributed by atoms with Gasteiger partial charge in [0, 0.05) is 26.4 Å². The number of likely N-dealkylation sites (tertiary alicyclic amines) is 1. The second-order valence-corrected chi connectivity index (χ2v) is 7.08. The van der Waals surface area contributed by atoms with Crippen LogP contribution in [0.3, 0.4) is 0 Å². The molecule has 6 nitrogen and oxygen atoms in total. The Hall–Kier alpha value is -1.11. The van der Waals surface area contributed by atoms with Crippen LogP contribution in [0.1, 0.15) is 13.3 Å². The van der Waals surface area contributed by atoms with Gasteiger partial charge >= 0.3 is 5.97 Å². The van der Waals surface area contributed by atoms with E-state index in [-0.39, 0.29) is 36.5 Å². The molecule has 0 aromatic rings. The van der Waals surface area contributed by atoms with Gasteiger partial charge in [-0.25, -0.2) is 8.42 Å². The zero-order chi connectivity index (χ0) is 12.8. The zero-order valence-electron chi connectivity index (χ0n) is 9.50. The molecule has 1 N–H and O–H groups in total. The van der Waals surface area contributed by atoms with Crippen LogP contribution in [0.5, 0.6) is 0 Å². The van der Waals surface area contributed by atoms with Gasteiger partial charge in [-0.15, -0.1) is 0 Å². The first-order chi connectivity index (χ1) is 7.81. The summed E-state index contributed by atoms with van der Waals surface area (Å²) < 4.78 is 23.7. The molecule has 0 aromatic heterocycles. The van der Waals surface area contributed by atoms with Crippen LogP contribution < -0.4 is 0 Å². The first kappa shape index (κ1) is 12.3. The van der Waals surface area contributed by atoms with Crippen molar-refractivity contribution in [2.45, 2.75) is 18.6 Å². The van der Waals surface area contributed by atoms with E-state index in [2.05, 4.69) is 0 Å². The second kappa shape index (κ2) is 3.97. The van der Waals surface area contributed by atoms with Crippen LogP contribution in [0, 0.1) is 11.8 Å². The lowest BCUT2D eigenvalue weighted by atomic mass is 9.91. The van der Waals surface area contributed by atoms with E-state index in [1.165, 1.54) is 11.8 Å². The Morgan fingerprint density at radius 1 is 1.35 bits per heavy atom. The summed E-state index contributed by atoms with van der Waals surface area (Å²) >= 11 is 0. The van der Waals surface area contributed by atoms with Crippen molar-refractivity contribution in [1.29, 1.82) is 0 Å². The predicted octanol–water partition coefficient (Wildman–Crippen LogP) is -0.647. The van der Waals surface area contributed by atoms with Crippen LogP contribution in [0.15, 0.2) is 0 Å². The van der Waals surface area contributed by atoms with Crippen molar-refractivity contribution in [3.63, 3.8) is 0 Å². The second-order valence-electron chi connectivity index (χ2n) is 4.81. The maximum absolute atomic E-state index is 11.9. The minimum absolute atomic E-state index is 0.0552. The molecule has 0 radical (unpaired) electrons. The maximum Gasteiger partial charge on any atom is 0.303 e. The Morgan fingerprint density at radius 2 is 2.00 bits per heavy atom. The molecule has 7 heteroatoms. The third-order valence-electron chi connectivity index (χ3n) is 3.70. The Morgan fingerprint density at radius 3 is 2.53 bits per heavy atom. The molecule has 2 saturated heterocycles. The molecule has 2 rings (SSSR count). The summed E-state index contributed by atoms with van der Waals surface area (Å²) in [6.45, 7) is 2.00. The number of carbonyl (C=O) groups excluding carboxylic acids is 1. The maximum atomic E-state index is 11.9. The fourth-order valence-corrected chi connectivity index (χ4v) is 5.33. The number of rotatable bonds is 2. The largest absolute Gasteiger partial charge is 0.481 e. The monoisotopic (exact) mass is 261 g/mol. The van der Waals surface area contributed by atoms with Gasteiger partial charge in [0.15, 0.2) is 9.84 Å². The van der Waals surface area contributed by atoms with E-state index in [4.69, 9.17) is 5.11 Å². The smallest absolute Gasteiger partial charge is 0.303 e. The zero-order valence-corrected chi connectivity index (χ0v) is 10.3. The van der Waals surface area contributed by atoms with Gasteiger partial charge in [0.2, 0.25) is 5.91 Å². The van der Waals surface area contributed by atoms with E-state index in [1.54, 1.807) is 0 Å². The van der Waals surface area contributed by atoms with Gasteiger partial charge in [0.25, 0.3) is 0 Å². The third-order valence-corrected chi connectivity index (χ3v) is 6.02. The molecule has 0 unspecified atom stereocenters. The van der Waals surface area contributed by atoms with Crippen LogP contribution in [0.25, 0.3) is 0 Å². The summed E-state index contributed by atoms with van der Waals surface area (Å²) in [4.78, 5) is 23.4. The molecule has 96 valence electrons. The average molecular weight is 261 g/mol. The van der Waals surface area contributed by atoms with Gasteiger partial charge < -0.3 is 10.0 Å². The van der Waals surface area contributed by atoms with Crippen LogP contribution in [-0.4, -0.2) is 54.4 Å².